The first-order chi connectivity index (χ1) is 12.7. The normalized spacial score (nSPS) is 14.8. The fourth-order valence-corrected chi connectivity index (χ4v) is 3.32. The first kappa shape index (κ1) is 20.9. The summed E-state index contributed by atoms with van der Waals surface area (Å²) in [6, 6.07) is 18.7. The van der Waals surface area contributed by atoms with Gasteiger partial charge in [-0.15, -0.1) is 12.4 Å². The van der Waals surface area contributed by atoms with Crippen LogP contribution in [-0.2, 0) is 9.59 Å². The molecule has 0 radical (unpaired) electrons. The number of amides is 2. The van der Waals surface area contributed by atoms with Crippen LogP contribution < -0.4 is 10.0 Å². The molecule has 0 atom stereocenters. The fourth-order valence-electron chi connectivity index (χ4n) is 3.32. The van der Waals surface area contributed by atoms with Crippen LogP contribution in [0.15, 0.2) is 60.7 Å². The molecule has 0 spiro atoms. The van der Waals surface area contributed by atoms with Crippen LogP contribution in [0.5, 0.6) is 0 Å². The maximum absolute atomic E-state index is 13.1. The van der Waals surface area contributed by atoms with Gasteiger partial charge in [0.05, 0.1) is 11.4 Å². The lowest BCUT2D eigenvalue weighted by Gasteiger charge is -2.27. The molecule has 5 nitrogen and oxygen atoms in total. The summed E-state index contributed by atoms with van der Waals surface area (Å²) in [5, 5.41) is 3.04. The Morgan fingerprint density at radius 2 is 1.19 bits per heavy atom. The lowest BCUT2D eigenvalue weighted by molar-refractivity contribution is -0.127. The van der Waals surface area contributed by atoms with Crippen molar-refractivity contribution in [2.24, 2.45) is 5.92 Å². The molecule has 0 bridgehead atoms. The highest BCUT2D eigenvalue weighted by Gasteiger charge is 2.46. The van der Waals surface area contributed by atoms with Gasteiger partial charge < -0.3 is 4.90 Å². The Labute approximate surface area is 166 Å². The van der Waals surface area contributed by atoms with Crippen LogP contribution in [-0.4, -0.2) is 36.3 Å². The molecule has 1 fully saturated rings. The zero-order valence-corrected chi connectivity index (χ0v) is 16.6. The largest absolute Gasteiger partial charge is 0.304 e. The van der Waals surface area contributed by atoms with E-state index in [1.54, 1.807) is 0 Å². The number of benzene rings is 2. The predicted octanol–water partition coefficient (Wildman–Crippen LogP) is 3.75. The SMILES string of the molecule is CCN(CC)CCC1C(=O)N(c2ccccc2)N(c2ccccc2)C1=O.Cl. The van der Waals surface area contributed by atoms with E-state index in [1.165, 1.54) is 10.0 Å². The number of rotatable bonds is 7. The average molecular weight is 388 g/mol. The Morgan fingerprint density at radius 3 is 1.56 bits per heavy atom. The van der Waals surface area contributed by atoms with Crippen LogP contribution in [0.3, 0.4) is 0 Å². The summed E-state index contributed by atoms with van der Waals surface area (Å²) in [5.74, 6) is -0.953. The van der Waals surface area contributed by atoms with E-state index in [-0.39, 0.29) is 24.2 Å². The van der Waals surface area contributed by atoms with E-state index >= 15 is 0 Å². The van der Waals surface area contributed by atoms with Crippen molar-refractivity contribution in [1.29, 1.82) is 0 Å². The van der Waals surface area contributed by atoms with Gasteiger partial charge in [0.1, 0.15) is 5.92 Å². The second-order valence-electron chi connectivity index (χ2n) is 6.34. The molecule has 0 aliphatic carbocycles. The molecule has 2 amide bonds. The Balaban J connectivity index is 0.00000261. The molecule has 3 rings (SSSR count). The van der Waals surface area contributed by atoms with Crippen molar-refractivity contribution in [2.45, 2.75) is 20.3 Å². The molecule has 2 aromatic rings. The van der Waals surface area contributed by atoms with Crippen LogP contribution in [0, 0.1) is 5.92 Å². The quantitative estimate of drug-likeness (QED) is 0.679. The molecule has 27 heavy (non-hydrogen) atoms. The Bertz CT molecular complexity index is 693. The van der Waals surface area contributed by atoms with Crippen molar-refractivity contribution >= 4 is 35.6 Å². The van der Waals surface area contributed by atoms with Crippen molar-refractivity contribution in [3.05, 3.63) is 60.7 Å². The van der Waals surface area contributed by atoms with E-state index in [0.29, 0.717) is 17.8 Å². The van der Waals surface area contributed by atoms with E-state index in [4.69, 9.17) is 0 Å². The number of hydrogen-bond acceptors (Lipinski definition) is 3. The van der Waals surface area contributed by atoms with Gasteiger partial charge in [-0.2, -0.15) is 0 Å². The summed E-state index contributed by atoms with van der Waals surface area (Å²) in [6.07, 6.45) is 0.534. The van der Waals surface area contributed by atoms with Gasteiger partial charge in [-0.1, -0.05) is 50.2 Å². The summed E-state index contributed by atoms with van der Waals surface area (Å²) in [4.78, 5) is 28.5. The van der Waals surface area contributed by atoms with Crippen LogP contribution in [0.2, 0.25) is 0 Å². The Morgan fingerprint density at radius 1 is 0.778 bits per heavy atom. The second-order valence-corrected chi connectivity index (χ2v) is 6.34. The third-order valence-corrected chi connectivity index (χ3v) is 4.84. The lowest BCUT2D eigenvalue weighted by Crippen LogP contribution is -2.41. The summed E-state index contributed by atoms with van der Waals surface area (Å²) in [5.41, 5.74) is 1.42. The number of hydrazine groups is 1. The molecule has 6 heteroatoms. The number of halogens is 1. The van der Waals surface area contributed by atoms with Gasteiger partial charge in [-0.25, -0.2) is 10.0 Å². The van der Waals surface area contributed by atoms with Crippen molar-refractivity contribution < 1.29 is 9.59 Å². The Kier molecular flexibility index (Phi) is 7.39. The van der Waals surface area contributed by atoms with Crippen LogP contribution in [0.4, 0.5) is 11.4 Å². The van der Waals surface area contributed by atoms with Gasteiger partial charge in [0, 0.05) is 0 Å². The number of carbonyl (C=O) groups excluding carboxylic acids is 2. The third kappa shape index (κ3) is 4.31. The molecule has 144 valence electrons. The maximum atomic E-state index is 13.1. The number of carbonyl (C=O) groups is 2. The van der Waals surface area contributed by atoms with Crippen molar-refractivity contribution in [2.75, 3.05) is 29.7 Å². The molecule has 2 aromatic carbocycles. The van der Waals surface area contributed by atoms with Crippen LogP contribution in [0.1, 0.15) is 20.3 Å². The molecule has 1 aliphatic rings. The summed E-state index contributed by atoms with van der Waals surface area (Å²) in [7, 11) is 0. The highest BCUT2D eigenvalue weighted by Crippen LogP contribution is 2.32. The van der Waals surface area contributed by atoms with E-state index in [1.807, 2.05) is 60.7 Å². The first-order valence-electron chi connectivity index (χ1n) is 9.17. The topological polar surface area (TPSA) is 43.9 Å². The summed E-state index contributed by atoms with van der Waals surface area (Å²) < 4.78 is 0. The van der Waals surface area contributed by atoms with E-state index in [0.717, 1.165) is 19.6 Å². The molecule has 1 aliphatic heterocycles. The summed E-state index contributed by atoms with van der Waals surface area (Å²) >= 11 is 0. The number of nitrogens with zero attached hydrogens (tertiary/aromatic N) is 3. The minimum absolute atomic E-state index is 0. The van der Waals surface area contributed by atoms with Gasteiger partial charge in [0.25, 0.3) is 11.8 Å². The van der Waals surface area contributed by atoms with Gasteiger partial charge >= 0.3 is 0 Å². The fraction of sp³-hybridized carbons (Fsp3) is 0.333. The van der Waals surface area contributed by atoms with Gasteiger partial charge in [-0.3, -0.25) is 9.59 Å². The van der Waals surface area contributed by atoms with E-state index in [9.17, 15) is 9.59 Å². The molecule has 1 saturated heterocycles. The van der Waals surface area contributed by atoms with Crippen molar-refractivity contribution in [3.63, 3.8) is 0 Å². The minimum atomic E-state index is -0.643. The smallest absolute Gasteiger partial charge is 0.258 e. The summed E-state index contributed by atoms with van der Waals surface area (Å²) in [6.45, 7) is 6.75. The van der Waals surface area contributed by atoms with Crippen molar-refractivity contribution in [3.8, 4) is 0 Å². The van der Waals surface area contributed by atoms with Crippen LogP contribution in [0.25, 0.3) is 0 Å². The zero-order chi connectivity index (χ0) is 18.5. The van der Waals surface area contributed by atoms with Gasteiger partial charge in [0.15, 0.2) is 0 Å². The number of para-hydroxylation sites is 2. The molecule has 0 N–H and O–H groups in total. The van der Waals surface area contributed by atoms with Gasteiger partial charge in [-0.05, 0) is 50.3 Å². The number of anilines is 2. The standard InChI is InChI=1S/C21H25N3O2.ClH/c1-3-22(4-2)16-15-19-20(25)23(17-11-7-5-8-12-17)24(21(19)26)18-13-9-6-10-14-18;/h5-14,19H,3-4,15-16H2,1-2H3;1H. The molecule has 0 unspecified atom stereocenters. The molecule has 0 aromatic heterocycles. The van der Waals surface area contributed by atoms with Crippen molar-refractivity contribution in [1.82, 2.24) is 4.90 Å². The second kappa shape index (κ2) is 9.53. The third-order valence-electron chi connectivity index (χ3n) is 4.84. The van der Waals surface area contributed by atoms with Gasteiger partial charge in [0.2, 0.25) is 0 Å². The highest BCUT2D eigenvalue weighted by molar-refractivity contribution is 6.23. The van der Waals surface area contributed by atoms with E-state index in [2.05, 4.69) is 18.7 Å². The Hall–Kier alpha value is -2.37. The zero-order valence-electron chi connectivity index (χ0n) is 15.7. The first-order valence-corrected chi connectivity index (χ1v) is 9.17. The molecular formula is C21H26ClN3O2. The number of hydrogen-bond donors (Lipinski definition) is 0. The highest BCUT2D eigenvalue weighted by atomic mass is 35.5. The predicted molar refractivity (Wildman–Crippen MR) is 111 cm³/mol. The van der Waals surface area contributed by atoms with Crippen LogP contribution >= 0.6 is 12.4 Å². The lowest BCUT2D eigenvalue weighted by atomic mass is 10.0. The molecule has 0 saturated carbocycles. The molecular weight excluding hydrogens is 362 g/mol. The monoisotopic (exact) mass is 387 g/mol. The molecule has 1 heterocycles. The van der Waals surface area contributed by atoms with E-state index < -0.39 is 5.92 Å². The average Bonchev–Trinajstić information content (AvgIpc) is 2.94. The maximum Gasteiger partial charge on any atom is 0.258 e. The minimum Gasteiger partial charge on any atom is -0.304 e.